The Morgan fingerprint density at radius 2 is 2.10 bits per heavy atom. The Morgan fingerprint density at radius 3 is 2.67 bits per heavy atom. The van der Waals surface area contributed by atoms with Gasteiger partial charge in [0.15, 0.2) is 6.40 Å². The molecule has 2 radical (unpaired) electrons. The van der Waals surface area contributed by atoms with Crippen molar-refractivity contribution in [3.63, 3.8) is 0 Å². The average molecular weight is 310 g/mol. The Labute approximate surface area is 132 Å². The van der Waals surface area contributed by atoms with Gasteiger partial charge in [-0.2, -0.15) is 0 Å². The summed E-state index contributed by atoms with van der Waals surface area (Å²) in [5.41, 5.74) is 1.03. The first-order valence-corrected chi connectivity index (χ1v) is 7.57. The molecule has 0 saturated heterocycles. The van der Waals surface area contributed by atoms with Crippen LogP contribution >= 0.6 is 11.6 Å². The summed E-state index contributed by atoms with van der Waals surface area (Å²) in [6, 6.07) is 7.34. The second-order valence-electron chi connectivity index (χ2n) is 4.73. The molecule has 0 spiro atoms. The highest BCUT2D eigenvalue weighted by atomic mass is 35.5. The predicted molar refractivity (Wildman–Crippen MR) is 86.4 cm³/mol. The average Bonchev–Trinajstić information content (AvgIpc) is 2.52. The molecule has 0 fully saturated rings. The lowest BCUT2D eigenvalue weighted by molar-refractivity contribution is 0.167. The van der Waals surface area contributed by atoms with E-state index in [-0.39, 0.29) is 5.88 Å². The van der Waals surface area contributed by atoms with Gasteiger partial charge in [-0.3, -0.25) is 4.99 Å². The van der Waals surface area contributed by atoms with Gasteiger partial charge in [-0.1, -0.05) is 25.5 Å². The van der Waals surface area contributed by atoms with Crippen LogP contribution in [0.2, 0.25) is 0 Å². The minimum atomic E-state index is -0.751. The number of hydrogen-bond acceptors (Lipinski definition) is 4. The Balaban J connectivity index is 2.60. The van der Waals surface area contributed by atoms with Crippen molar-refractivity contribution in [2.45, 2.75) is 38.3 Å². The highest BCUT2D eigenvalue weighted by Crippen LogP contribution is 2.16. The van der Waals surface area contributed by atoms with E-state index in [1.807, 2.05) is 24.3 Å². The van der Waals surface area contributed by atoms with Crippen molar-refractivity contribution in [3.05, 3.63) is 29.8 Å². The summed E-state index contributed by atoms with van der Waals surface area (Å²) in [7, 11) is 4.91. The minimum Gasteiger partial charge on any atom is -0.560 e. The fourth-order valence-corrected chi connectivity index (χ4v) is 2.01. The van der Waals surface area contributed by atoms with Gasteiger partial charge in [0.05, 0.1) is 24.6 Å². The van der Waals surface area contributed by atoms with Crippen LogP contribution in [0.4, 0.5) is 0 Å². The zero-order chi connectivity index (χ0) is 15.5. The van der Waals surface area contributed by atoms with Crippen LogP contribution in [0.25, 0.3) is 0 Å². The predicted octanol–water partition coefficient (Wildman–Crippen LogP) is 2.50. The lowest BCUT2D eigenvalue weighted by Gasteiger charge is -2.17. The second kappa shape index (κ2) is 10.5. The number of hydrogen-bond donors (Lipinski definition) is 1. The first kappa shape index (κ1) is 17.9. The summed E-state index contributed by atoms with van der Waals surface area (Å²) < 4.78 is 9.92. The van der Waals surface area contributed by atoms with E-state index >= 15 is 0 Å². The summed E-state index contributed by atoms with van der Waals surface area (Å²) in [5.74, 6) is 0.945. The maximum absolute atomic E-state index is 9.84. The van der Waals surface area contributed by atoms with Gasteiger partial charge in [-0.15, -0.1) is 11.6 Å². The van der Waals surface area contributed by atoms with Crippen molar-refractivity contribution in [1.82, 2.24) is 0 Å². The van der Waals surface area contributed by atoms with E-state index in [2.05, 4.69) is 16.6 Å². The van der Waals surface area contributed by atoms with E-state index in [4.69, 9.17) is 24.4 Å². The van der Waals surface area contributed by atoms with Crippen molar-refractivity contribution >= 4 is 26.1 Å². The van der Waals surface area contributed by atoms with E-state index in [0.717, 1.165) is 37.2 Å². The van der Waals surface area contributed by atoms with Crippen LogP contribution in [0.5, 0.6) is 5.75 Å². The van der Waals surface area contributed by atoms with Gasteiger partial charge in [0.25, 0.3) is 0 Å². The first-order valence-electron chi connectivity index (χ1n) is 7.04. The van der Waals surface area contributed by atoms with Crippen LogP contribution < -0.4 is 4.74 Å². The number of nitrogens with zero attached hydrogens (tertiary/aromatic N) is 1. The number of unbranched alkanes of at least 4 members (excludes halogenated alkanes) is 1. The zero-order valence-corrected chi connectivity index (χ0v) is 13.0. The topological polar surface area (TPSA) is 51.0 Å². The van der Waals surface area contributed by atoms with Crippen LogP contribution in [0, 0.1) is 0 Å². The molecule has 0 unspecified atom stereocenters. The molecule has 21 heavy (non-hydrogen) atoms. The molecule has 0 aliphatic carbocycles. The molecule has 114 valence electrons. The number of aliphatic hydroxyl groups is 1. The number of halogens is 1. The maximum atomic E-state index is 9.84. The maximum Gasteiger partial charge on any atom is 0.375 e. The highest BCUT2D eigenvalue weighted by Gasteiger charge is 2.17. The third-order valence-electron chi connectivity index (χ3n) is 3.05. The molecule has 0 aliphatic heterocycles. The monoisotopic (exact) mass is 309 g/mol. The van der Waals surface area contributed by atoms with E-state index in [1.54, 1.807) is 0 Å². The number of benzene rings is 1. The molecule has 1 aromatic rings. The number of aliphatic hydroxyl groups excluding tert-OH is 1. The quantitative estimate of drug-likeness (QED) is 0.237. The van der Waals surface area contributed by atoms with E-state index in [1.165, 1.54) is 0 Å². The number of ether oxygens (including phenoxy) is 1. The largest absolute Gasteiger partial charge is 0.560 e. The van der Waals surface area contributed by atoms with Gasteiger partial charge in [0.2, 0.25) is 0 Å². The lowest BCUT2D eigenvalue weighted by atomic mass is 10.0. The van der Waals surface area contributed by atoms with Crippen LogP contribution in [0.3, 0.4) is 0 Å². The Morgan fingerprint density at radius 1 is 1.38 bits per heavy atom. The fraction of sp³-hybridized carbons (Fsp3) is 0.533. The summed E-state index contributed by atoms with van der Waals surface area (Å²) in [5, 5.41) is 9.84. The Hall–Kier alpha value is -1.20. The number of rotatable bonds is 10. The van der Waals surface area contributed by atoms with Crippen molar-refractivity contribution in [2.24, 2.45) is 4.99 Å². The summed E-state index contributed by atoms with van der Waals surface area (Å²) in [6.07, 6.45) is 3.06. The SMILES string of the molecule is [B]OC=N[C@@H](Cc1ccc(OCCCC)cc1)[C@H](O)CCl. The lowest BCUT2D eigenvalue weighted by Crippen LogP contribution is -2.28. The van der Waals surface area contributed by atoms with Gasteiger partial charge >= 0.3 is 8.05 Å². The van der Waals surface area contributed by atoms with E-state index < -0.39 is 12.1 Å². The summed E-state index contributed by atoms with van der Waals surface area (Å²) >= 11 is 5.67. The third kappa shape index (κ3) is 6.87. The van der Waals surface area contributed by atoms with Gasteiger partial charge in [-0.05, 0) is 30.5 Å². The van der Waals surface area contributed by atoms with Crippen molar-refractivity contribution in [2.75, 3.05) is 12.5 Å². The zero-order valence-electron chi connectivity index (χ0n) is 12.2. The first-order chi connectivity index (χ1) is 10.2. The molecule has 0 amide bonds. The minimum absolute atomic E-state index is 0.102. The Kier molecular flexibility index (Phi) is 8.94. The molecule has 6 heteroatoms. The van der Waals surface area contributed by atoms with Crippen LogP contribution in [0.15, 0.2) is 29.3 Å². The summed E-state index contributed by atoms with van der Waals surface area (Å²) in [6.45, 7) is 2.85. The van der Waals surface area contributed by atoms with Crippen molar-refractivity contribution < 1.29 is 14.5 Å². The van der Waals surface area contributed by atoms with Crippen molar-refractivity contribution in [3.8, 4) is 5.75 Å². The van der Waals surface area contributed by atoms with Crippen LogP contribution in [-0.4, -0.2) is 44.2 Å². The smallest absolute Gasteiger partial charge is 0.375 e. The van der Waals surface area contributed by atoms with Crippen LogP contribution in [-0.2, 0) is 11.1 Å². The molecule has 0 heterocycles. The molecule has 4 nitrogen and oxygen atoms in total. The fourth-order valence-electron chi connectivity index (χ4n) is 1.80. The van der Waals surface area contributed by atoms with E-state index in [9.17, 15) is 5.11 Å². The third-order valence-corrected chi connectivity index (χ3v) is 3.37. The van der Waals surface area contributed by atoms with E-state index in [0.29, 0.717) is 6.42 Å². The molecule has 2 atom stereocenters. The number of aliphatic imine (C=N–C) groups is 1. The highest BCUT2D eigenvalue weighted by molar-refractivity contribution is 6.18. The molecule has 0 saturated carbocycles. The van der Waals surface area contributed by atoms with Crippen molar-refractivity contribution in [1.29, 1.82) is 0 Å². The number of alkyl halides is 1. The molecule has 1 N–H and O–H groups in total. The van der Waals surface area contributed by atoms with Gasteiger partial charge < -0.3 is 14.5 Å². The molecule has 1 rings (SSSR count). The molecule has 0 aromatic heterocycles. The second-order valence-corrected chi connectivity index (χ2v) is 5.04. The molecular weight excluding hydrogens is 288 g/mol. The molecule has 0 bridgehead atoms. The van der Waals surface area contributed by atoms with Gasteiger partial charge in [0, 0.05) is 0 Å². The molecule has 0 aliphatic rings. The van der Waals surface area contributed by atoms with Crippen LogP contribution in [0.1, 0.15) is 25.3 Å². The Bertz CT molecular complexity index is 414. The standard InChI is InChI=1S/C15H21BClNO3/c1-2-3-8-20-13-6-4-12(5-7-13)9-14(15(19)10-17)18-11-21-16/h4-7,11,14-15,19H,2-3,8-10H2,1H3/t14-,15+/m0/s1. The van der Waals surface area contributed by atoms with Gasteiger partial charge in [0.1, 0.15) is 5.75 Å². The van der Waals surface area contributed by atoms with Gasteiger partial charge in [-0.25, -0.2) is 0 Å². The molecular formula is C15H21BClNO3. The summed E-state index contributed by atoms with van der Waals surface area (Å²) in [4.78, 5) is 4.05. The normalized spacial score (nSPS) is 14.0. The molecule has 1 aromatic carbocycles.